The van der Waals surface area contributed by atoms with E-state index in [1.165, 1.54) is 16.7 Å². The van der Waals surface area contributed by atoms with Crippen LogP contribution in [0.2, 0.25) is 0 Å². The van der Waals surface area contributed by atoms with Gasteiger partial charge in [0.25, 0.3) is 0 Å². The van der Waals surface area contributed by atoms with Gasteiger partial charge in [0.15, 0.2) is 0 Å². The summed E-state index contributed by atoms with van der Waals surface area (Å²) in [6.07, 6.45) is 1.07. The van der Waals surface area contributed by atoms with Crippen LogP contribution in [0.25, 0.3) is 0 Å². The van der Waals surface area contributed by atoms with Crippen LogP contribution < -0.4 is 0 Å². The van der Waals surface area contributed by atoms with E-state index in [9.17, 15) is 0 Å². The van der Waals surface area contributed by atoms with Crippen LogP contribution in [0.3, 0.4) is 0 Å². The van der Waals surface area contributed by atoms with Crippen molar-refractivity contribution in [1.29, 1.82) is 5.41 Å². The Bertz CT molecular complexity index is 339. The first kappa shape index (κ1) is 11.0. The van der Waals surface area contributed by atoms with Crippen molar-refractivity contribution in [3.05, 3.63) is 34.9 Å². The highest BCUT2D eigenvalue weighted by Gasteiger charge is 2.10. The van der Waals surface area contributed by atoms with Crippen LogP contribution in [0.15, 0.2) is 18.2 Å². The first-order chi connectivity index (χ1) is 6.56. The highest BCUT2D eigenvalue weighted by molar-refractivity contribution is 5.85. The van der Waals surface area contributed by atoms with Gasteiger partial charge in [-0.15, -0.1) is 0 Å². The molecule has 14 heavy (non-hydrogen) atoms. The summed E-state index contributed by atoms with van der Waals surface area (Å²) in [5.74, 6) is 0.251. The van der Waals surface area contributed by atoms with Crippen molar-refractivity contribution in [2.75, 3.05) is 0 Å². The predicted molar refractivity (Wildman–Crippen MR) is 62.4 cm³/mol. The summed E-state index contributed by atoms with van der Waals surface area (Å²) in [7, 11) is 0. The fourth-order valence-corrected chi connectivity index (χ4v) is 1.61. The zero-order chi connectivity index (χ0) is 10.7. The Hall–Kier alpha value is -1.11. The second-order valence-corrected chi connectivity index (χ2v) is 3.95. The molecular formula is C13H19N. The van der Waals surface area contributed by atoms with E-state index in [4.69, 9.17) is 5.41 Å². The third kappa shape index (κ3) is 2.22. The lowest BCUT2D eigenvalue weighted by Gasteiger charge is -2.14. The number of nitrogens with one attached hydrogen (secondary N) is 1. The Morgan fingerprint density at radius 3 is 2.57 bits per heavy atom. The van der Waals surface area contributed by atoms with Crippen LogP contribution in [0.1, 0.15) is 43.4 Å². The van der Waals surface area contributed by atoms with E-state index in [-0.39, 0.29) is 5.92 Å². The van der Waals surface area contributed by atoms with Gasteiger partial charge in [-0.25, -0.2) is 0 Å². The number of rotatable bonds is 3. The van der Waals surface area contributed by atoms with Gasteiger partial charge in [0.05, 0.1) is 0 Å². The Balaban J connectivity index is 3.11. The van der Waals surface area contributed by atoms with Crippen molar-refractivity contribution in [3.8, 4) is 0 Å². The van der Waals surface area contributed by atoms with Crippen LogP contribution in [-0.2, 0) is 6.42 Å². The highest BCUT2D eigenvalue weighted by atomic mass is 14.4. The third-order valence-corrected chi connectivity index (χ3v) is 2.87. The summed E-state index contributed by atoms with van der Waals surface area (Å²) in [6.45, 7) is 8.26. The van der Waals surface area contributed by atoms with E-state index < -0.39 is 0 Å². The van der Waals surface area contributed by atoms with Crippen molar-refractivity contribution in [1.82, 2.24) is 0 Å². The van der Waals surface area contributed by atoms with Gasteiger partial charge in [0.2, 0.25) is 0 Å². The molecule has 1 nitrogen and oxygen atoms in total. The lowest BCUT2D eigenvalue weighted by atomic mass is 9.91. The number of benzene rings is 1. The van der Waals surface area contributed by atoms with Crippen LogP contribution in [0, 0.1) is 12.3 Å². The molecular weight excluding hydrogens is 170 g/mol. The minimum atomic E-state index is 0.251. The molecule has 1 rings (SSSR count). The van der Waals surface area contributed by atoms with Gasteiger partial charge in [-0.05, 0) is 37.0 Å². The minimum Gasteiger partial charge on any atom is -0.309 e. The lowest BCUT2D eigenvalue weighted by Crippen LogP contribution is -2.05. The minimum absolute atomic E-state index is 0.251. The van der Waals surface area contributed by atoms with Crippen LogP contribution in [0.4, 0.5) is 0 Å². The van der Waals surface area contributed by atoms with E-state index in [2.05, 4.69) is 39.0 Å². The van der Waals surface area contributed by atoms with Gasteiger partial charge in [0, 0.05) is 11.6 Å². The molecule has 1 unspecified atom stereocenters. The molecule has 0 aromatic heterocycles. The molecule has 0 aliphatic rings. The summed E-state index contributed by atoms with van der Waals surface area (Å²) in [5.41, 5.74) is 4.69. The van der Waals surface area contributed by atoms with E-state index in [1.54, 1.807) is 0 Å². The average molecular weight is 189 g/mol. The Labute approximate surface area is 86.7 Å². The van der Waals surface area contributed by atoms with Gasteiger partial charge < -0.3 is 5.41 Å². The fraction of sp³-hybridized carbons (Fsp3) is 0.462. The van der Waals surface area contributed by atoms with Crippen molar-refractivity contribution in [2.24, 2.45) is 0 Å². The topological polar surface area (TPSA) is 23.9 Å². The molecule has 0 amide bonds. The average Bonchev–Trinajstić information content (AvgIpc) is 2.17. The second kappa shape index (κ2) is 4.41. The maximum atomic E-state index is 7.66. The molecule has 0 bridgehead atoms. The molecule has 1 atom stereocenters. The van der Waals surface area contributed by atoms with Gasteiger partial charge in [0.1, 0.15) is 0 Å². The molecule has 76 valence electrons. The van der Waals surface area contributed by atoms with Crippen molar-refractivity contribution in [3.63, 3.8) is 0 Å². The maximum Gasteiger partial charge on any atom is 0.0188 e. The fourth-order valence-electron chi connectivity index (χ4n) is 1.61. The standard InChI is InChI=1S/C13H19N/c1-5-12-7-6-9(2)13(8-12)10(3)11(4)14/h6-8,10,14H,5H2,1-4H3. The van der Waals surface area contributed by atoms with E-state index >= 15 is 0 Å². The molecule has 1 aromatic rings. The van der Waals surface area contributed by atoms with Gasteiger partial charge in [-0.2, -0.15) is 0 Å². The molecule has 0 saturated carbocycles. The lowest BCUT2D eigenvalue weighted by molar-refractivity contribution is 0.972. The summed E-state index contributed by atoms with van der Waals surface area (Å²) in [6, 6.07) is 6.57. The SMILES string of the molecule is CCc1ccc(C)c(C(C)C(C)=N)c1. The summed E-state index contributed by atoms with van der Waals surface area (Å²) < 4.78 is 0. The first-order valence-electron chi connectivity index (χ1n) is 5.20. The molecule has 0 aliphatic carbocycles. The molecule has 0 spiro atoms. The van der Waals surface area contributed by atoms with E-state index in [0.29, 0.717) is 0 Å². The van der Waals surface area contributed by atoms with E-state index in [1.807, 2.05) is 6.92 Å². The van der Waals surface area contributed by atoms with Gasteiger partial charge >= 0.3 is 0 Å². The van der Waals surface area contributed by atoms with Crippen molar-refractivity contribution in [2.45, 2.75) is 40.0 Å². The molecule has 0 fully saturated rings. The molecule has 0 heterocycles. The zero-order valence-corrected chi connectivity index (χ0v) is 9.52. The maximum absolute atomic E-state index is 7.66. The van der Waals surface area contributed by atoms with Crippen molar-refractivity contribution >= 4 is 5.71 Å². The monoisotopic (exact) mass is 189 g/mol. The van der Waals surface area contributed by atoms with Crippen LogP contribution in [0.5, 0.6) is 0 Å². The zero-order valence-electron chi connectivity index (χ0n) is 9.52. The molecule has 0 aliphatic heterocycles. The number of hydrogen-bond acceptors (Lipinski definition) is 1. The number of hydrogen-bond donors (Lipinski definition) is 1. The second-order valence-electron chi connectivity index (χ2n) is 3.95. The summed E-state index contributed by atoms with van der Waals surface area (Å²) in [5, 5.41) is 7.66. The first-order valence-corrected chi connectivity index (χ1v) is 5.20. The Kier molecular flexibility index (Phi) is 3.45. The largest absolute Gasteiger partial charge is 0.309 e. The van der Waals surface area contributed by atoms with Gasteiger partial charge in [-0.1, -0.05) is 32.0 Å². The predicted octanol–water partition coefficient (Wildman–Crippen LogP) is 3.70. The van der Waals surface area contributed by atoms with Crippen LogP contribution in [-0.4, -0.2) is 5.71 Å². The molecule has 1 N–H and O–H groups in total. The Morgan fingerprint density at radius 2 is 2.07 bits per heavy atom. The molecule has 1 heteroatoms. The number of aryl methyl sites for hydroxylation is 2. The summed E-state index contributed by atoms with van der Waals surface area (Å²) in [4.78, 5) is 0. The normalized spacial score (nSPS) is 12.6. The Morgan fingerprint density at radius 1 is 1.43 bits per heavy atom. The highest BCUT2D eigenvalue weighted by Crippen LogP contribution is 2.22. The van der Waals surface area contributed by atoms with Crippen LogP contribution >= 0.6 is 0 Å². The van der Waals surface area contributed by atoms with E-state index in [0.717, 1.165) is 12.1 Å². The van der Waals surface area contributed by atoms with Gasteiger partial charge in [-0.3, -0.25) is 0 Å². The molecule has 0 radical (unpaired) electrons. The molecule has 0 saturated heterocycles. The third-order valence-electron chi connectivity index (χ3n) is 2.87. The summed E-state index contributed by atoms with van der Waals surface area (Å²) >= 11 is 0. The van der Waals surface area contributed by atoms with Crippen molar-refractivity contribution < 1.29 is 0 Å². The molecule has 1 aromatic carbocycles. The quantitative estimate of drug-likeness (QED) is 0.701. The smallest absolute Gasteiger partial charge is 0.0188 e.